The van der Waals surface area contributed by atoms with Crippen LogP contribution < -0.4 is 11.1 Å². The summed E-state index contributed by atoms with van der Waals surface area (Å²) in [6, 6.07) is 17.9. The van der Waals surface area contributed by atoms with Crippen LogP contribution in [0.3, 0.4) is 0 Å². The minimum absolute atomic E-state index is 0. The van der Waals surface area contributed by atoms with Crippen molar-refractivity contribution in [3.05, 3.63) is 71.3 Å². The Bertz CT molecular complexity index is 811. The molecule has 0 aliphatic carbocycles. The Morgan fingerprint density at radius 3 is 2.34 bits per heavy atom. The number of amides is 2. The molecular formula is C23H30ClN3O2. The van der Waals surface area contributed by atoms with Gasteiger partial charge < -0.3 is 16.0 Å². The van der Waals surface area contributed by atoms with Crippen LogP contribution in [0.2, 0.25) is 0 Å². The van der Waals surface area contributed by atoms with Gasteiger partial charge in [-0.25, -0.2) is 0 Å². The average molecular weight is 416 g/mol. The molecule has 1 saturated heterocycles. The van der Waals surface area contributed by atoms with E-state index in [0.29, 0.717) is 19.6 Å². The van der Waals surface area contributed by atoms with Crippen LogP contribution in [0.5, 0.6) is 0 Å². The summed E-state index contributed by atoms with van der Waals surface area (Å²) in [6.45, 7) is 5.39. The molecule has 1 aliphatic heterocycles. The number of halogens is 1. The summed E-state index contributed by atoms with van der Waals surface area (Å²) < 4.78 is 0. The van der Waals surface area contributed by atoms with Gasteiger partial charge in [0.25, 0.3) is 0 Å². The predicted molar refractivity (Wildman–Crippen MR) is 118 cm³/mol. The Morgan fingerprint density at radius 1 is 1.10 bits per heavy atom. The largest absolute Gasteiger partial charge is 0.349 e. The minimum atomic E-state index is -0.322. The van der Waals surface area contributed by atoms with Gasteiger partial charge in [-0.3, -0.25) is 9.59 Å². The maximum Gasteiger partial charge on any atom is 0.225 e. The lowest BCUT2D eigenvalue weighted by molar-refractivity contribution is -0.131. The van der Waals surface area contributed by atoms with Gasteiger partial charge in [-0.1, -0.05) is 60.2 Å². The first kappa shape index (κ1) is 22.9. The molecule has 29 heavy (non-hydrogen) atoms. The van der Waals surface area contributed by atoms with Gasteiger partial charge in [0.05, 0.1) is 12.5 Å². The standard InChI is InChI=1S/C23H29N3O2.ClH/c1-16-8-10-19(11-9-16)22(25-17(2)27)12-23(28)26-14-20(13-24)21(15-26)18-6-4-3-5-7-18;/h3-11,20-22H,12-15,24H2,1-2H3,(H,25,27);1H/t20-,21+,22?;/m1./s1. The lowest BCUT2D eigenvalue weighted by Gasteiger charge is -2.22. The number of carbonyl (C=O) groups is 2. The molecule has 3 rings (SSSR count). The number of nitrogens with one attached hydrogen (secondary N) is 1. The van der Waals surface area contributed by atoms with Crippen LogP contribution in [0, 0.1) is 12.8 Å². The van der Waals surface area contributed by atoms with E-state index in [0.717, 1.165) is 11.1 Å². The van der Waals surface area contributed by atoms with E-state index in [1.165, 1.54) is 12.5 Å². The minimum Gasteiger partial charge on any atom is -0.349 e. The van der Waals surface area contributed by atoms with E-state index < -0.39 is 0 Å². The van der Waals surface area contributed by atoms with E-state index in [1.54, 1.807) is 0 Å². The average Bonchev–Trinajstić information content (AvgIpc) is 3.13. The van der Waals surface area contributed by atoms with E-state index in [1.807, 2.05) is 54.3 Å². The van der Waals surface area contributed by atoms with Crippen molar-refractivity contribution in [3.63, 3.8) is 0 Å². The molecule has 5 nitrogen and oxygen atoms in total. The van der Waals surface area contributed by atoms with Crippen molar-refractivity contribution >= 4 is 24.2 Å². The summed E-state index contributed by atoms with van der Waals surface area (Å²) in [5, 5.41) is 2.93. The maximum absolute atomic E-state index is 13.0. The van der Waals surface area contributed by atoms with Gasteiger partial charge in [0.2, 0.25) is 11.8 Å². The van der Waals surface area contributed by atoms with Gasteiger partial charge in [0.1, 0.15) is 0 Å². The number of hydrogen-bond acceptors (Lipinski definition) is 3. The SMILES string of the molecule is CC(=O)NC(CC(=O)N1C[C@@H](CN)[C@H](c2ccccc2)C1)c1ccc(C)cc1.Cl. The van der Waals surface area contributed by atoms with Gasteiger partial charge in [-0.05, 0) is 30.5 Å². The molecule has 0 radical (unpaired) electrons. The Hall–Kier alpha value is -2.37. The van der Waals surface area contributed by atoms with Crippen molar-refractivity contribution in [3.8, 4) is 0 Å². The van der Waals surface area contributed by atoms with E-state index >= 15 is 0 Å². The number of rotatable bonds is 6. The van der Waals surface area contributed by atoms with Gasteiger partial charge in [0.15, 0.2) is 0 Å². The fraction of sp³-hybridized carbons (Fsp3) is 0.391. The van der Waals surface area contributed by atoms with Crippen molar-refractivity contribution in [2.45, 2.75) is 32.2 Å². The van der Waals surface area contributed by atoms with Crippen molar-refractivity contribution in [1.29, 1.82) is 0 Å². The molecular weight excluding hydrogens is 386 g/mol. The first-order valence-corrected chi connectivity index (χ1v) is 9.84. The van der Waals surface area contributed by atoms with E-state index in [2.05, 4.69) is 17.4 Å². The number of hydrogen-bond donors (Lipinski definition) is 2. The third-order valence-corrected chi connectivity index (χ3v) is 5.56. The number of aryl methyl sites for hydroxylation is 1. The zero-order valence-corrected chi connectivity index (χ0v) is 17.8. The Kier molecular flexibility index (Phi) is 8.23. The topological polar surface area (TPSA) is 75.4 Å². The van der Waals surface area contributed by atoms with Crippen LogP contribution in [0.25, 0.3) is 0 Å². The second kappa shape index (κ2) is 10.4. The molecule has 6 heteroatoms. The summed E-state index contributed by atoms with van der Waals surface area (Å²) in [4.78, 5) is 26.6. The highest BCUT2D eigenvalue weighted by molar-refractivity contribution is 5.85. The highest BCUT2D eigenvalue weighted by Gasteiger charge is 2.35. The molecule has 1 aliphatic rings. The summed E-state index contributed by atoms with van der Waals surface area (Å²) >= 11 is 0. The van der Waals surface area contributed by atoms with E-state index in [4.69, 9.17) is 5.73 Å². The van der Waals surface area contributed by atoms with E-state index in [9.17, 15) is 9.59 Å². The molecule has 2 aromatic rings. The molecule has 156 valence electrons. The Labute approximate surface area is 179 Å². The molecule has 3 N–H and O–H groups in total. The van der Waals surface area contributed by atoms with Crippen molar-refractivity contribution in [2.24, 2.45) is 11.7 Å². The molecule has 3 atom stereocenters. The second-order valence-corrected chi connectivity index (χ2v) is 7.68. The number of benzene rings is 2. The lowest BCUT2D eigenvalue weighted by Crippen LogP contribution is -2.35. The molecule has 1 fully saturated rings. The number of nitrogens with zero attached hydrogens (tertiary/aromatic N) is 1. The molecule has 2 aromatic carbocycles. The zero-order valence-electron chi connectivity index (χ0n) is 17.0. The summed E-state index contributed by atoms with van der Waals surface area (Å²) in [7, 11) is 0. The third-order valence-electron chi connectivity index (χ3n) is 5.56. The predicted octanol–water partition coefficient (Wildman–Crippen LogP) is 3.19. The summed E-state index contributed by atoms with van der Waals surface area (Å²) in [5.74, 6) is 0.427. The second-order valence-electron chi connectivity index (χ2n) is 7.68. The molecule has 1 heterocycles. The molecule has 0 bridgehead atoms. The molecule has 0 saturated carbocycles. The van der Waals surface area contributed by atoms with Crippen LogP contribution >= 0.6 is 12.4 Å². The van der Waals surface area contributed by atoms with Crippen molar-refractivity contribution in [1.82, 2.24) is 10.2 Å². The summed E-state index contributed by atoms with van der Waals surface area (Å²) in [6.07, 6.45) is 0.251. The van der Waals surface area contributed by atoms with Gasteiger partial charge in [0, 0.05) is 25.9 Å². The monoisotopic (exact) mass is 415 g/mol. The summed E-state index contributed by atoms with van der Waals surface area (Å²) in [5.41, 5.74) is 9.32. The molecule has 0 spiro atoms. The van der Waals surface area contributed by atoms with Gasteiger partial charge in [-0.15, -0.1) is 12.4 Å². The lowest BCUT2D eigenvalue weighted by atomic mass is 9.89. The normalized spacial score (nSPS) is 19.3. The van der Waals surface area contributed by atoms with Crippen LogP contribution in [0.4, 0.5) is 0 Å². The fourth-order valence-electron chi connectivity index (χ4n) is 3.99. The number of nitrogens with two attached hydrogens (primary N) is 1. The van der Waals surface area contributed by atoms with E-state index in [-0.39, 0.29) is 48.5 Å². The van der Waals surface area contributed by atoms with Crippen LogP contribution in [0.1, 0.15) is 42.0 Å². The van der Waals surface area contributed by atoms with Crippen molar-refractivity contribution in [2.75, 3.05) is 19.6 Å². The smallest absolute Gasteiger partial charge is 0.225 e. The first-order chi connectivity index (χ1) is 13.5. The van der Waals surface area contributed by atoms with Crippen LogP contribution in [-0.2, 0) is 9.59 Å². The third kappa shape index (κ3) is 5.81. The Balaban J connectivity index is 0.00000300. The Morgan fingerprint density at radius 2 is 1.76 bits per heavy atom. The maximum atomic E-state index is 13.0. The molecule has 0 aromatic heterocycles. The number of likely N-dealkylation sites (tertiary alicyclic amines) is 1. The zero-order chi connectivity index (χ0) is 20.1. The van der Waals surface area contributed by atoms with Crippen LogP contribution in [0.15, 0.2) is 54.6 Å². The van der Waals surface area contributed by atoms with Crippen molar-refractivity contribution < 1.29 is 9.59 Å². The highest BCUT2D eigenvalue weighted by atomic mass is 35.5. The van der Waals surface area contributed by atoms with Gasteiger partial charge >= 0.3 is 0 Å². The first-order valence-electron chi connectivity index (χ1n) is 9.84. The molecule has 1 unspecified atom stereocenters. The van der Waals surface area contributed by atoms with Gasteiger partial charge in [-0.2, -0.15) is 0 Å². The fourth-order valence-corrected chi connectivity index (χ4v) is 3.99. The quantitative estimate of drug-likeness (QED) is 0.760. The van der Waals surface area contributed by atoms with Crippen LogP contribution in [-0.4, -0.2) is 36.3 Å². The highest BCUT2D eigenvalue weighted by Crippen LogP contribution is 2.33. The molecule has 2 amide bonds. The number of carbonyl (C=O) groups excluding carboxylic acids is 2.